The van der Waals surface area contributed by atoms with Gasteiger partial charge in [0.1, 0.15) is 17.5 Å². The van der Waals surface area contributed by atoms with Gasteiger partial charge < -0.3 is 15.2 Å². The Bertz CT molecular complexity index is 1270. The Morgan fingerprint density at radius 2 is 1.79 bits per heavy atom. The normalized spacial score (nSPS) is 20.3. The highest BCUT2D eigenvalue weighted by molar-refractivity contribution is 7.87. The average molecular weight is 498 g/mol. The lowest BCUT2D eigenvalue weighted by Crippen LogP contribution is -2.50. The van der Waals surface area contributed by atoms with Crippen molar-refractivity contribution in [1.82, 2.24) is 14.4 Å². The molecule has 1 aromatic heterocycles. The molecule has 7 nitrogen and oxygen atoms in total. The van der Waals surface area contributed by atoms with E-state index in [-0.39, 0.29) is 23.9 Å². The highest BCUT2D eigenvalue weighted by Crippen LogP contribution is 2.48. The largest absolute Gasteiger partial charge is 0.395 e. The lowest BCUT2D eigenvalue weighted by Gasteiger charge is -2.36. The van der Waals surface area contributed by atoms with E-state index in [2.05, 4.69) is 14.4 Å². The van der Waals surface area contributed by atoms with Crippen molar-refractivity contribution in [1.29, 1.82) is 0 Å². The number of aromatic nitrogens is 1. The summed E-state index contributed by atoms with van der Waals surface area (Å²) in [7, 11) is -3.94. The molecular weight excluding hydrogens is 471 g/mol. The molecule has 1 aliphatic carbocycles. The zero-order valence-electron chi connectivity index (χ0n) is 18.4. The van der Waals surface area contributed by atoms with Gasteiger partial charge >= 0.3 is 0 Å². The third kappa shape index (κ3) is 5.13. The summed E-state index contributed by atoms with van der Waals surface area (Å²) in [6.45, 7) is 0.941. The molecule has 4 rings (SSSR count). The maximum atomic E-state index is 14.5. The fraction of sp³-hybridized carbons (Fsp3) is 0.391. The second-order valence-electron chi connectivity index (χ2n) is 8.76. The minimum Gasteiger partial charge on any atom is -0.395 e. The molecule has 0 spiro atoms. The number of fused-ring (bicyclic) bond motifs is 1. The van der Waals surface area contributed by atoms with Crippen LogP contribution >= 0.6 is 0 Å². The van der Waals surface area contributed by atoms with Crippen molar-refractivity contribution in [3.05, 3.63) is 59.4 Å². The first kappa shape index (κ1) is 24.7. The smallest absolute Gasteiger partial charge is 0.277 e. The summed E-state index contributed by atoms with van der Waals surface area (Å²) in [6.07, 6.45) is 0.0747. The monoisotopic (exact) mass is 497 g/mol. The van der Waals surface area contributed by atoms with E-state index in [0.717, 1.165) is 6.07 Å². The number of aliphatic hydroxyl groups excluding tert-OH is 2. The van der Waals surface area contributed by atoms with Gasteiger partial charge in [-0.3, -0.25) is 0 Å². The van der Waals surface area contributed by atoms with E-state index < -0.39 is 46.4 Å². The van der Waals surface area contributed by atoms with Crippen molar-refractivity contribution in [2.45, 2.75) is 37.8 Å². The van der Waals surface area contributed by atoms with Gasteiger partial charge in [0.2, 0.25) is 0 Å². The summed E-state index contributed by atoms with van der Waals surface area (Å²) in [5.74, 6) is -1.95. The van der Waals surface area contributed by atoms with Gasteiger partial charge in [0.15, 0.2) is 0 Å². The summed E-state index contributed by atoms with van der Waals surface area (Å²) < 4.78 is 71.0. The Kier molecular flexibility index (Phi) is 7.02. The Morgan fingerprint density at radius 1 is 1.12 bits per heavy atom. The van der Waals surface area contributed by atoms with E-state index in [9.17, 15) is 31.8 Å². The van der Waals surface area contributed by atoms with E-state index in [4.69, 9.17) is 0 Å². The molecular formula is C23H26F3N3O4S. The molecule has 184 valence electrons. The number of aromatic amines is 1. The van der Waals surface area contributed by atoms with Crippen molar-refractivity contribution < 1.29 is 31.8 Å². The SMILES string of the molecule is C[C@H](O)C(CO)NS(=O)(=O)NC[C@H]1C[C@H](c2c(-c3ccc(F)cc3)[nH]c3c(F)cc(F)cc32)C1. The van der Waals surface area contributed by atoms with Crippen LogP contribution in [-0.2, 0) is 10.2 Å². The van der Waals surface area contributed by atoms with Gasteiger partial charge in [-0.1, -0.05) is 0 Å². The highest BCUT2D eigenvalue weighted by atomic mass is 32.2. The van der Waals surface area contributed by atoms with Crippen LogP contribution in [-0.4, -0.2) is 48.9 Å². The maximum absolute atomic E-state index is 14.5. The molecule has 1 fully saturated rings. The zero-order valence-corrected chi connectivity index (χ0v) is 19.2. The lowest BCUT2D eigenvalue weighted by molar-refractivity contribution is 0.115. The predicted octanol–water partition coefficient (Wildman–Crippen LogP) is 2.91. The third-order valence-electron chi connectivity index (χ3n) is 6.29. The summed E-state index contributed by atoms with van der Waals surface area (Å²) in [5.41, 5.74) is 2.09. The number of H-pyrrole nitrogens is 1. The first-order valence-corrected chi connectivity index (χ1v) is 12.4. The summed E-state index contributed by atoms with van der Waals surface area (Å²) in [5, 5.41) is 19.1. The molecule has 1 saturated carbocycles. The molecule has 0 saturated heterocycles. The van der Waals surface area contributed by atoms with E-state index >= 15 is 0 Å². The molecule has 2 atom stereocenters. The number of benzene rings is 2. The van der Waals surface area contributed by atoms with Crippen molar-refractivity contribution in [2.75, 3.05) is 13.2 Å². The van der Waals surface area contributed by atoms with E-state index in [1.807, 2.05) is 0 Å². The zero-order chi connectivity index (χ0) is 24.6. The minimum absolute atomic E-state index is 0.0230. The first-order valence-electron chi connectivity index (χ1n) is 10.9. The van der Waals surface area contributed by atoms with Crippen LogP contribution in [0.15, 0.2) is 36.4 Å². The van der Waals surface area contributed by atoms with Gasteiger partial charge in [0.25, 0.3) is 10.2 Å². The van der Waals surface area contributed by atoms with Crippen LogP contribution in [0.2, 0.25) is 0 Å². The molecule has 2 aromatic carbocycles. The first-order chi connectivity index (χ1) is 16.1. The molecule has 0 amide bonds. The molecule has 11 heteroatoms. The van der Waals surface area contributed by atoms with Crippen LogP contribution in [0.3, 0.4) is 0 Å². The van der Waals surface area contributed by atoms with Gasteiger partial charge in [-0.25, -0.2) is 17.9 Å². The van der Waals surface area contributed by atoms with Crippen molar-refractivity contribution in [2.24, 2.45) is 5.92 Å². The molecule has 0 aliphatic heterocycles. The van der Waals surface area contributed by atoms with Gasteiger partial charge in [0, 0.05) is 18.0 Å². The molecule has 34 heavy (non-hydrogen) atoms. The number of rotatable bonds is 9. The second kappa shape index (κ2) is 9.67. The van der Waals surface area contributed by atoms with Gasteiger partial charge in [-0.05, 0) is 73.1 Å². The topological polar surface area (TPSA) is 114 Å². The van der Waals surface area contributed by atoms with Gasteiger partial charge in [-0.15, -0.1) is 0 Å². The Hall–Kier alpha value is -2.44. The Morgan fingerprint density at radius 3 is 2.41 bits per heavy atom. The number of nitrogens with one attached hydrogen (secondary N) is 3. The van der Waals surface area contributed by atoms with Crippen molar-refractivity contribution in [3.8, 4) is 11.3 Å². The number of hydrogen-bond donors (Lipinski definition) is 5. The summed E-state index contributed by atoms with van der Waals surface area (Å²) in [6, 6.07) is 6.75. The average Bonchev–Trinajstić information content (AvgIpc) is 3.10. The van der Waals surface area contributed by atoms with Crippen LogP contribution in [0.4, 0.5) is 13.2 Å². The second-order valence-corrected chi connectivity index (χ2v) is 10.3. The molecule has 0 radical (unpaired) electrons. The molecule has 1 aliphatic rings. The van der Waals surface area contributed by atoms with Crippen LogP contribution in [0.25, 0.3) is 22.2 Å². The Balaban J connectivity index is 1.53. The van der Waals surface area contributed by atoms with Crippen molar-refractivity contribution in [3.63, 3.8) is 0 Å². The predicted molar refractivity (Wildman–Crippen MR) is 122 cm³/mol. The number of halogens is 3. The number of aliphatic hydroxyl groups is 2. The maximum Gasteiger partial charge on any atom is 0.277 e. The van der Waals surface area contributed by atoms with Crippen LogP contribution in [0.5, 0.6) is 0 Å². The summed E-state index contributed by atoms with van der Waals surface area (Å²) >= 11 is 0. The lowest BCUT2D eigenvalue weighted by atomic mass is 9.70. The molecule has 5 N–H and O–H groups in total. The number of hydrogen-bond acceptors (Lipinski definition) is 4. The van der Waals surface area contributed by atoms with E-state index in [1.54, 1.807) is 12.1 Å². The fourth-order valence-corrected chi connectivity index (χ4v) is 5.61. The van der Waals surface area contributed by atoms with Crippen LogP contribution in [0, 0.1) is 23.4 Å². The molecule has 3 aromatic rings. The molecule has 1 heterocycles. The standard InChI is InChI=1S/C23H26F3N3O4S/c1-12(31)20(11-30)29-34(32,33)27-10-13-6-15(7-13)21-18-8-17(25)9-19(26)23(18)28-22(21)14-2-4-16(24)5-3-14/h2-5,8-9,12-13,15,20,27-31H,6-7,10-11H2,1H3/t12-,13-,15-,20?/m0/s1. The van der Waals surface area contributed by atoms with Crippen LogP contribution < -0.4 is 9.44 Å². The third-order valence-corrected chi connectivity index (χ3v) is 7.45. The van der Waals surface area contributed by atoms with E-state index in [0.29, 0.717) is 35.0 Å². The quantitative estimate of drug-likeness (QED) is 0.313. The molecule has 1 unspecified atom stereocenters. The Labute approximate surface area is 195 Å². The van der Waals surface area contributed by atoms with Gasteiger partial charge in [0.05, 0.1) is 30.0 Å². The van der Waals surface area contributed by atoms with Gasteiger partial charge in [-0.2, -0.15) is 13.1 Å². The minimum atomic E-state index is -3.94. The highest BCUT2D eigenvalue weighted by Gasteiger charge is 2.35. The molecule has 0 bridgehead atoms. The summed E-state index contributed by atoms with van der Waals surface area (Å²) in [4.78, 5) is 3.02. The van der Waals surface area contributed by atoms with Crippen molar-refractivity contribution >= 4 is 21.1 Å². The van der Waals surface area contributed by atoms with Crippen LogP contribution in [0.1, 0.15) is 31.2 Å². The fourth-order valence-electron chi connectivity index (χ4n) is 4.40. The van der Waals surface area contributed by atoms with E-state index in [1.165, 1.54) is 25.1 Å².